The van der Waals surface area contributed by atoms with Gasteiger partial charge in [0.25, 0.3) is 0 Å². The molecule has 2 heterocycles. The van der Waals surface area contributed by atoms with Crippen molar-refractivity contribution in [3.8, 4) is 0 Å². The van der Waals surface area contributed by atoms with Crippen molar-refractivity contribution in [2.75, 3.05) is 19.6 Å². The highest BCUT2D eigenvalue weighted by atomic mass is 16.5. The van der Waals surface area contributed by atoms with Crippen LogP contribution in [0.5, 0.6) is 0 Å². The molecular formula is C13H26N2O. The summed E-state index contributed by atoms with van der Waals surface area (Å²) in [5.74, 6) is 0.704. The van der Waals surface area contributed by atoms with Crippen LogP contribution in [0.25, 0.3) is 0 Å². The summed E-state index contributed by atoms with van der Waals surface area (Å²) in [5, 5.41) is 0. The van der Waals surface area contributed by atoms with Gasteiger partial charge in [-0.15, -0.1) is 0 Å². The van der Waals surface area contributed by atoms with E-state index in [1.54, 1.807) is 0 Å². The average Bonchev–Trinajstić information content (AvgIpc) is 2.67. The van der Waals surface area contributed by atoms with E-state index in [0.29, 0.717) is 24.2 Å². The number of likely N-dealkylation sites (tertiary alicyclic amines) is 1. The molecule has 0 aromatic rings. The Morgan fingerprint density at radius 3 is 2.62 bits per heavy atom. The van der Waals surface area contributed by atoms with Crippen molar-refractivity contribution in [1.82, 2.24) is 4.90 Å². The third-order valence-corrected chi connectivity index (χ3v) is 4.20. The van der Waals surface area contributed by atoms with Gasteiger partial charge in [-0.2, -0.15) is 0 Å². The lowest BCUT2D eigenvalue weighted by Gasteiger charge is -2.38. The third kappa shape index (κ3) is 2.96. The lowest BCUT2D eigenvalue weighted by molar-refractivity contribution is 0.00869. The van der Waals surface area contributed by atoms with E-state index >= 15 is 0 Å². The molecule has 0 spiro atoms. The van der Waals surface area contributed by atoms with E-state index < -0.39 is 0 Å². The fraction of sp³-hybridized carbons (Fsp3) is 1.00. The van der Waals surface area contributed by atoms with E-state index in [1.807, 2.05) is 0 Å². The second-order valence-corrected chi connectivity index (χ2v) is 5.63. The lowest BCUT2D eigenvalue weighted by Crippen LogP contribution is -2.46. The van der Waals surface area contributed by atoms with Crippen LogP contribution in [0.4, 0.5) is 0 Å². The van der Waals surface area contributed by atoms with Crippen molar-refractivity contribution in [1.29, 1.82) is 0 Å². The average molecular weight is 226 g/mol. The number of piperidine rings is 1. The molecule has 2 saturated heterocycles. The Bertz CT molecular complexity index is 222. The second-order valence-electron chi connectivity index (χ2n) is 5.63. The van der Waals surface area contributed by atoms with Crippen LogP contribution in [0.15, 0.2) is 0 Å². The first-order chi connectivity index (χ1) is 7.69. The highest BCUT2D eigenvalue weighted by molar-refractivity contribution is 4.83. The number of rotatable bonds is 3. The smallest absolute Gasteiger partial charge is 0.0706 e. The minimum atomic E-state index is 0.467. The molecule has 0 aromatic heterocycles. The minimum Gasteiger partial charge on any atom is -0.374 e. The molecule has 94 valence electrons. The van der Waals surface area contributed by atoms with Gasteiger partial charge in [0.15, 0.2) is 0 Å². The van der Waals surface area contributed by atoms with Gasteiger partial charge < -0.3 is 10.5 Å². The summed E-state index contributed by atoms with van der Waals surface area (Å²) in [7, 11) is 0. The lowest BCUT2D eigenvalue weighted by atomic mass is 9.93. The van der Waals surface area contributed by atoms with E-state index in [2.05, 4.69) is 18.7 Å². The molecule has 0 aromatic carbocycles. The van der Waals surface area contributed by atoms with Gasteiger partial charge in [0.2, 0.25) is 0 Å². The van der Waals surface area contributed by atoms with Gasteiger partial charge in [0, 0.05) is 19.1 Å². The van der Waals surface area contributed by atoms with Gasteiger partial charge in [-0.3, -0.25) is 4.90 Å². The van der Waals surface area contributed by atoms with Gasteiger partial charge in [-0.1, -0.05) is 0 Å². The molecule has 0 bridgehead atoms. The predicted octanol–water partition coefficient (Wildman–Crippen LogP) is 1.61. The third-order valence-electron chi connectivity index (χ3n) is 4.20. The van der Waals surface area contributed by atoms with Crippen LogP contribution < -0.4 is 5.73 Å². The summed E-state index contributed by atoms with van der Waals surface area (Å²) in [5.41, 5.74) is 5.78. The Morgan fingerprint density at radius 2 is 2.00 bits per heavy atom. The molecule has 4 atom stereocenters. The van der Waals surface area contributed by atoms with Crippen molar-refractivity contribution in [3.63, 3.8) is 0 Å². The van der Waals surface area contributed by atoms with Gasteiger partial charge in [-0.25, -0.2) is 0 Å². The summed E-state index contributed by atoms with van der Waals surface area (Å²) in [6, 6.07) is 0.710. The molecule has 2 rings (SSSR count). The van der Waals surface area contributed by atoms with Crippen molar-refractivity contribution in [3.05, 3.63) is 0 Å². The van der Waals surface area contributed by atoms with Crippen LogP contribution in [0, 0.1) is 5.92 Å². The van der Waals surface area contributed by atoms with Gasteiger partial charge in [0.1, 0.15) is 0 Å². The van der Waals surface area contributed by atoms with Crippen molar-refractivity contribution >= 4 is 0 Å². The van der Waals surface area contributed by atoms with E-state index in [9.17, 15) is 0 Å². The Morgan fingerprint density at radius 1 is 1.19 bits per heavy atom. The molecule has 3 heteroatoms. The van der Waals surface area contributed by atoms with Crippen molar-refractivity contribution < 1.29 is 4.74 Å². The standard InChI is InChI=1S/C13H26N2O/c1-10-3-5-12(7-14)8-15(10)9-13-6-4-11(2)16-13/h10-13H,3-9,14H2,1-2H3. The number of hydrogen-bond acceptors (Lipinski definition) is 3. The Labute approximate surface area is 99.3 Å². The highest BCUT2D eigenvalue weighted by Gasteiger charge is 2.29. The van der Waals surface area contributed by atoms with E-state index in [0.717, 1.165) is 13.1 Å². The molecule has 2 aliphatic rings. The molecule has 0 radical (unpaired) electrons. The van der Waals surface area contributed by atoms with Gasteiger partial charge >= 0.3 is 0 Å². The molecule has 2 aliphatic heterocycles. The fourth-order valence-corrected chi connectivity index (χ4v) is 2.99. The van der Waals surface area contributed by atoms with Crippen LogP contribution in [0.1, 0.15) is 39.5 Å². The molecule has 4 unspecified atom stereocenters. The van der Waals surface area contributed by atoms with Crippen LogP contribution in [-0.2, 0) is 4.74 Å². The molecule has 2 fully saturated rings. The molecule has 0 saturated carbocycles. The fourth-order valence-electron chi connectivity index (χ4n) is 2.99. The van der Waals surface area contributed by atoms with Crippen LogP contribution in [0.2, 0.25) is 0 Å². The maximum atomic E-state index is 5.91. The maximum absolute atomic E-state index is 5.91. The zero-order chi connectivity index (χ0) is 11.5. The number of nitrogens with two attached hydrogens (primary N) is 1. The first-order valence-corrected chi connectivity index (χ1v) is 6.78. The SMILES string of the molecule is CC1CCC(CN2CC(CN)CCC2C)O1. The molecule has 3 nitrogen and oxygen atoms in total. The summed E-state index contributed by atoms with van der Waals surface area (Å²) >= 11 is 0. The van der Waals surface area contributed by atoms with Crippen LogP contribution in [0.3, 0.4) is 0 Å². The summed E-state index contributed by atoms with van der Waals surface area (Å²) in [4.78, 5) is 2.59. The largest absolute Gasteiger partial charge is 0.374 e. The molecule has 16 heavy (non-hydrogen) atoms. The normalized spacial score (nSPS) is 41.4. The maximum Gasteiger partial charge on any atom is 0.0706 e. The van der Waals surface area contributed by atoms with Crippen molar-refractivity contribution in [2.45, 2.75) is 57.8 Å². The number of nitrogens with zero attached hydrogens (tertiary/aromatic N) is 1. The van der Waals surface area contributed by atoms with Crippen molar-refractivity contribution in [2.24, 2.45) is 11.7 Å². The topological polar surface area (TPSA) is 38.5 Å². The molecule has 2 N–H and O–H groups in total. The Kier molecular flexibility index (Phi) is 4.22. The Hall–Kier alpha value is -0.120. The quantitative estimate of drug-likeness (QED) is 0.794. The van der Waals surface area contributed by atoms with Crippen LogP contribution in [-0.4, -0.2) is 42.8 Å². The summed E-state index contributed by atoms with van der Waals surface area (Å²) in [6.45, 7) is 7.65. The van der Waals surface area contributed by atoms with Crippen LogP contribution >= 0.6 is 0 Å². The highest BCUT2D eigenvalue weighted by Crippen LogP contribution is 2.25. The number of hydrogen-bond donors (Lipinski definition) is 1. The second kappa shape index (κ2) is 5.48. The Balaban J connectivity index is 1.82. The first-order valence-electron chi connectivity index (χ1n) is 6.78. The van der Waals surface area contributed by atoms with Gasteiger partial charge in [-0.05, 0) is 52.0 Å². The monoisotopic (exact) mass is 226 g/mol. The molecule has 0 aliphatic carbocycles. The molecular weight excluding hydrogens is 200 g/mol. The summed E-state index contributed by atoms with van der Waals surface area (Å²) < 4.78 is 5.91. The van der Waals surface area contributed by atoms with E-state index in [-0.39, 0.29) is 0 Å². The summed E-state index contributed by atoms with van der Waals surface area (Å²) in [6.07, 6.45) is 6.00. The first kappa shape index (κ1) is 12.3. The zero-order valence-corrected chi connectivity index (χ0v) is 10.7. The minimum absolute atomic E-state index is 0.467. The predicted molar refractivity (Wildman–Crippen MR) is 66.4 cm³/mol. The van der Waals surface area contributed by atoms with E-state index in [4.69, 9.17) is 10.5 Å². The molecule has 0 amide bonds. The zero-order valence-electron chi connectivity index (χ0n) is 10.7. The van der Waals surface area contributed by atoms with E-state index in [1.165, 1.54) is 32.2 Å². The number of ether oxygens (including phenoxy) is 1. The van der Waals surface area contributed by atoms with Gasteiger partial charge in [0.05, 0.1) is 12.2 Å².